The summed E-state index contributed by atoms with van der Waals surface area (Å²) >= 11 is 0. The van der Waals surface area contributed by atoms with Gasteiger partial charge in [-0.25, -0.2) is 9.78 Å². The molecule has 0 spiro atoms. The molecule has 0 aliphatic heterocycles. The molecule has 0 aliphatic carbocycles. The molecule has 0 aromatic carbocycles. The van der Waals surface area contributed by atoms with Gasteiger partial charge in [-0.3, -0.25) is 4.79 Å². The van der Waals surface area contributed by atoms with Crippen LogP contribution in [0.1, 0.15) is 10.5 Å². The van der Waals surface area contributed by atoms with E-state index in [0.29, 0.717) is 5.69 Å². The molecule has 1 amide bonds. The van der Waals surface area contributed by atoms with E-state index in [9.17, 15) is 9.59 Å². The van der Waals surface area contributed by atoms with Crippen molar-refractivity contribution in [3.63, 3.8) is 0 Å². The molecule has 0 atom stereocenters. The third kappa shape index (κ3) is 2.29. The number of Topliss-reactive ketones (excluding diaryl/α,β-unsaturated/α-hetero) is 1. The Balaban J connectivity index is 2.59. The molecule has 6 heteroatoms. The highest BCUT2D eigenvalue weighted by Gasteiger charge is 2.10. The summed E-state index contributed by atoms with van der Waals surface area (Å²) in [5, 5.41) is 10.2. The number of imidazole rings is 1. The lowest BCUT2D eigenvalue weighted by Gasteiger charge is -2.00. The van der Waals surface area contributed by atoms with E-state index in [1.54, 1.807) is 7.05 Å². The number of carboxylic acid groups (broad SMARTS) is 1. The zero-order valence-corrected chi connectivity index (χ0v) is 7.02. The van der Waals surface area contributed by atoms with E-state index in [-0.39, 0.29) is 12.3 Å². The number of rotatable bonds is 3. The van der Waals surface area contributed by atoms with E-state index in [4.69, 9.17) is 5.11 Å². The zero-order valence-electron chi connectivity index (χ0n) is 7.02. The van der Waals surface area contributed by atoms with Gasteiger partial charge in [0.2, 0.25) is 0 Å². The summed E-state index contributed by atoms with van der Waals surface area (Å²) in [6.07, 6.45) is 1.66. The van der Waals surface area contributed by atoms with Crippen LogP contribution in [0.4, 0.5) is 4.79 Å². The largest absolute Gasteiger partial charge is 0.465 e. The molecule has 0 radical (unpaired) electrons. The fourth-order valence-corrected chi connectivity index (χ4v) is 0.872. The molecule has 0 bridgehead atoms. The monoisotopic (exact) mass is 183 g/mol. The minimum absolute atomic E-state index is 0.227. The fraction of sp³-hybridized carbons (Fsp3) is 0.286. The molecule has 1 rings (SSSR count). The molecule has 0 saturated carbocycles. The number of nitrogens with one attached hydrogen (secondary N) is 1. The molecule has 13 heavy (non-hydrogen) atoms. The van der Waals surface area contributed by atoms with Gasteiger partial charge in [0, 0.05) is 7.05 Å². The van der Waals surface area contributed by atoms with E-state index < -0.39 is 6.09 Å². The quantitative estimate of drug-likeness (QED) is 0.639. The average Bonchev–Trinajstić information content (AvgIpc) is 2.47. The second-order valence-corrected chi connectivity index (χ2v) is 2.47. The normalized spacial score (nSPS) is 9.62. The van der Waals surface area contributed by atoms with Gasteiger partial charge in [0.1, 0.15) is 5.69 Å². The van der Waals surface area contributed by atoms with Crippen molar-refractivity contribution in [3.05, 3.63) is 18.2 Å². The highest BCUT2D eigenvalue weighted by molar-refractivity contribution is 5.97. The van der Waals surface area contributed by atoms with Crippen molar-refractivity contribution in [1.82, 2.24) is 14.9 Å². The van der Waals surface area contributed by atoms with Crippen LogP contribution in [0, 0.1) is 0 Å². The van der Waals surface area contributed by atoms with E-state index >= 15 is 0 Å². The number of hydrogen-bond donors (Lipinski definition) is 2. The van der Waals surface area contributed by atoms with E-state index in [0.717, 1.165) is 0 Å². The van der Waals surface area contributed by atoms with Crippen LogP contribution in [-0.2, 0) is 7.05 Å². The molecule has 6 nitrogen and oxygen atoms in total. The van der Waals surface area contributed by atoms with Crippen LogP contribution in [0.2, 0.25) is 0 Å². The molecular formula is C7H9N3O3. The fourth-order valence-electron chi connectivity index (χ4n) is 0.872. The SMILES string of the molecule is Cn1cncc1C(=O)CNC(=O)O. The van der Waals surface area contributed by atoms with Gasteiger partial charge in [0.25, 0.3) is 0 Å². The Hall–Kier alpha value is -1.85. The van der Waals surface area contributed by atoms with Crippen molar-refractivity contribution in [1.29, 1.82) is 0 Å². The first-order chi connectivity index (χ1) is 6.11. The van der Waals surface area contributed by atoms with Crippen molar-refractivity contribution in [2.24, 2.45) is 7.05 Å². The predicted octanol–water partition coefficient (Wildman–Crippen LogP) is -0.130. The number of carbonyl (C=O) groups is 2. The van der Waals surface area contributed by atoms with Gasteiger partial charge in [-0.15, -0.1) is 0 Å². The van der Waals surface area contributed by atoms with Crippen molar-refractivity contribution < 1.29 is 14.7 Å². The summed E-state index contributed by atoms with van der Waals surface area (Å²) in [4.78, 5) is 25.1. The third-order valence-electron chi connectivity index (χ3n) is 1.50. The lowest BCUT2D eigenvalue weighted by molar-refractivity contribution is 0.0979. The molecule has 0 fully saturated rings. The third-order valence-corrected chi connectivity index (χ3v) is 1.50. The van der Waals surface area contributed by atoms with Crippen LogP contribution >= 0.6 is 0 Å². The molecule has 2 N–H and O–H groups in total. The second kappa shape index (κ2) is 3.70. The van der Waals surface area contributed by atoms with Crippen LogP contribution in [0.25, 0.3) is 0 Å². The molecule has 70 valence electrons. The highest BCUT2D eigenvalue weighted by atomic mass is 16.4. The number of nitrogens with zero attached hydrogens (tertiary/aromatic N) is 2. The topological polar surface area (TPSA) is 84.2 Å². The van der Waals surface area contributed by atoms with Crippen LogP contribution in [0.5, 0.6) is 0 Å². The second-order valence-electron chi connectivity index (χ2n) is 2.47. The number of amides is 1. The van der Waals surface area contributed by atoms with Gasteiger partial charge in [-0.1, -0.05) is 0 Å². The van der Waals surface area contributed by atoms with Crippen molar-refractivity contribution in [2.45, 2.75) is 0 Å². The van der Waals surface area contributed by atoms with Crippen molar-refractivity contribution in [3.8, 4) is 0 Å². The van der Waals surface area contributed by atoms with Crippen LogP contribution in [0.3, 0.4) is 0 Å². The maximum Gasteiger partial charge on any atom is 0.405 e. The van der Waals surface area contributed by atoms with Gasteiger partial charge in [-0.2, -0.15) is 0 Å². The molecule has 1 aromatic rings. The zero-order chi connectivity index (χ0) is 9.84. The predicted molar refractivity (Wildman–Crippen MR) is 43.6 cm³/mol. The molecule has 0 aliphatic rings. The van der Waals surface area contributed by atoms with Gasteiger partial charge in [-0.05, 0) is 0 Å². The Morgan fingerprint density at radius 3 is 2.85 bits per heavy atom. The van der Waals surface area contributed by atoms with Crippen LogP contribution in [-0.4, -0.2) is 33.1 Å². The maximum atomic E-state index is 11.2. The Morgan fingerprint density at radius 2 is 2.38 bits per heavy atom. The Bertz CT molecular complexity index is 331. The van der Waals surface area contributed by atoms with Crippen molar-refractivity contribution >= 4 is 11.9 Å². The van der Waals surface area contributed by atoms with Gasteiger partial charge < -0.3 is 15.0 Å². The summed E-state index contributed by atoms with van der Waals surface area (Å²) in [6.45, 7) is -0.227. The van der Waals surface area contributed by atoms with E-state index in [1.807, 2.05) is 5.32 Å². The molecular weight excluding hydrogens is 174 g/mol. The number of aryl methyl sites for hydroxylation is 1. The maximum absolute atomic E-state index is 11.2. The summed E-state index contributed by atoms with van der Waals surface area (Å²) in [7, 11) is 1.67. The van der Waals surface area contributed by atoms with Crippen LogP contribution < -0.4 is 5.32 Å². The number of ketones is 1. The minimum Gasteiger partial charge on any atom is -0.465 e. The first-order valence-corrected chi connectivity index (χ1v) is 3.57. The standard InChI is InChI=1S/C7H9N3O3/c1-10-4-8-2-5(10)6(11)3-9-7(12)13/h2,4,9H,3H2,1H3,(H,12,13). The molecule has 1 aromatic heterocycles. The average molecular weight is 183 g/mol. The summed E-state index contributed by atoms with van der Waals surface area (Å²) in [5.74, 6) is -0.303. The molecule has 0 unspecified atom stereocenters. The van der Waals surface area contributed by atoms with Gasteiger partial charge in [0.15, 0.2) is 5.78 Å². The van der Waals surface area contributed by atoms with E-state index in [1.165, 1.54) is 17.1 Å². The molecule has 1 heterocycles. The smallest absolute Gasteiger partial charge is 0.405 e. The summed E-state index contributed by atoms with van der Waals surface area (Å²) in [6, 6.07) is 0. The summed E-state index contributed by atoms with van der Waals surface area (Å²) < 4.78 is 1.53. The Morgan fingerprint density at radius 1 is 1.69 bits per heavy atom. The minimum atomic E-state index is -1.21. The lowest BCUT2D eigenvalue weighted by atomic mass is 10.3. The summed E-state index contributed by atoms with van der Waals surface area (Å²) in [5.41, 5.74) is 0.383. The number of carbonyl (C=O) groups excluding carboxylic acids is 1. The Labute approximate surface area is 74.2 Å². The highest BCUT2D eigenvalue weighted by Crippen LogP contribution is 1.96. The lowest BCUT2D eigenvalue weighted by Crippen LogP contribution is -2.28. The molecule has 0 saturated heterocycles. The van der Waals surface area contributed by atoms with Gasteiger partial charge >= 0.3 is 6.09 Å². The Kier molecular flexibility index (Phi) is 2.63. The van der Waals surface area contributed by atoms with Crippen LogP contribution in [0.15, 0.2) is 12.5 Å². The first kappa shape index (κ1) is 9.24. The van der Waals surface area contributed by atoms with Gasteiger partial charge in [0.05, 0.1) is 19.1 Å². The van der Waals surface area contributed by atoms with Crippen molar-refractivity contribution in [2.75, 3.05) is 6.54 Å². The van der Waals surface area contributed by atoms with E-state index in [2.05, 4.69) is 4.98 Å². The number of hydrogen-bond acceptors (Lipinski definition) is 3. The first-order valence-electron chi connectivity index (χ1n) is 3.57. The number of aromatic nitrogens is 2.